The monoisotopic (exact) mass is 364 g/mol. The minimum Gasteiger partial charge on any atom is -0.507 e. The van der Waals surface area contributed by atoms with Crippen molar-refractivity contribution in [1.29, 1.82) is 0 Å². The van der Waals surface area contributed by atoms with Crippen molar-refractivity contribution in [3.63, 3.8) is 0 Å². The summed E-state index contributed by atoms with van der Waals surface area (Å²) >= 11 is 8.20. The van der Waals surface area contributed by atoms with Gasteiger partial charge in [-0.25, -0.2) is 0 Å². The maximum atomic E-state index is 12.3. The highest BCUT2D eigenvalue weighted by Gasteiger charge is 2.13. The topological polar surface area (TPSA) is 75.3 Å². The lowest BCUT2D eigenvalue weighted by Crippen LogP contribution is -2.15. The first-order valence-electron chi connectivity index (χ1n) is 6.09. The van der Waals surface area contributed by atoms with Crippen LogP contribution in [0, 0.1) is 6.92 Å². The highest BCUT2D eigenvalue weighted by Crippen LogP contribution is 2.24. The number of nitrogens with one attached hydrogen (secondary N) is 1. The van der Waals surface area contributed by atoms with Crippen LogP contribution in [-0.4, -0.2) is 16.0 Å². The van der Waals surface area contributed by atoms with Crippen LogP contribution in [0.4, 0.5) is 5.69 Å². The Morgan fingerprint density at radius 3 is 2.67 bits per heavy atom. The Morgan fingerprint density at radius 2 is 2.00 bits per heavy atom. The van der Waals surface area contributed by atoms with Gasteiger partial charge in [0.25, 0.3) is 5.91 Å². The Balaban J connectivity index is 2.33. The largest absolute Gasteiger partial charge is 0.507 e. The number of phenols is 1. The number of hydrogen-bond acceptors (Lipinski definition) is 3. The van der Waals surface area contributed by atoms with E-state index >= 15 is 0 Å². The fraction of sp³-hybridized carbons (Fsp3) is 0.0667. The lowest BCUT2D eigenvalue weighted by molar-refractivity contribution is 0.102. The normalized spacial score (nSPS) is 10.2. The second-order valence-corrected chi connectivity index (χ2v) is 5.87. The van der Waals surface area contributed by atoms with E-state index in [9.17, 15) is 9.90 Å². The average molecular weight is 365 g/mol. The third kappa shape index (κ3) is 3.59. The van der Waals surface area contributed by atoms with Gasteiger partial charge in [0.05, 0.1) is 5.56 Å². The molecule has 0 spiro atoms. The van der Waals surface area contributed by atoms with E-state index in [4.69, 9.17) is 18.0 Å². The van der Waals surface area contributed by atoms with Crippen molar-refractivity contribution in [3.8, 4) is 5.75 Å². The van der Waals surface area contributed by atoms with Gasteiger partial charge in [0.15, 0.2) is 0 Å². The number of carbonyl (C=O) groups excluding carboxylic acids is 1. The molecule has 0 fully saturated rings. The molecule has 0 bridgehead atoms. The first-order chi connectivity index (χ1) is 9.88. The van der Waals surface area contributed by atoms with Gasteiger partial charge in [-0.15, -0.1) is 0 Å². The molecule has 6 heteroatoms. The minimum absolute atomic E-state index is 0.0844. The maximum absolute atomic E-state index is 12.3. The molecule has 2 aromatic carbocycles. The summed E-state index contributed by atoms with van der Waals surface area (Å²) in [5.41, 5.74) is 7.92. The van der Waals surface area contributed by atoms with E-state index in [1.807, 2.05) is 13.0 Å². The second-order valence-electron chi connectivity index (χ2n) is 4.51. The van der Waals surface area contributed by atoms with Gasteiger partial charge in [-0.1, -0.05) is 40.3 Å². The van der Waals surface area contributed by atoms with Crippen LogP contribution in [0.1, 0.15) is 21.5 Å². The number of benzene rings is 2. The zero-order valence-corrected chi connectivity index (χ0v) is 13.6. The fourth-order valence-corrected chi connectivity index (χ4v) is 2.28. The van der Waals surface area contributed by atoms with Crippen LogP contribution in [0.5, 0.6) is 5.75 Å². The summed E-state index contributed by atoms with van der Waals surface area (Å²) in [6, 6.07) is 10.00. The van der Waals surface area contributed by atoms with E-state index in [0.717, 1.165) is 5.56 Å². The summed E-state index contributed by atoms with van der Waals surface area (Å²) in [6.07, 6.45) is 0. The molecule has 0 radical (unpaired) electrons. The van der Waals surface area contributed by atoms with Gasteiger partial charge in [-0.3, -0.25) is 4.79 Å². The van der Waals surface area contributed by atoms with Crippen LogP contribution in [-0.2, 0) is 0 Å². The molecular formula is C15H13BrN2O2S. The first kappa shape index (κ1) is 15.5. The smallest absolute Gasteiger partial charge is 0.259 e. The van der Waals surface area contributed by atoms with E-state index in [-0.39, 0.29) is 16.3 Å². The number of nitrogens with two attached hydrogens (primary N) is 1. The zero-order chi connectivity index (χ0) is 15.6. The SMILES string of the molecule is Cc1ccc(C(N)=S)cc1NC(=O)c1cc(Br)ccc1O. The van der Waals surface area contributed by atoms with E-state index in [2.05, 4.69) is 21.2 Å². The first-order valence-corrected chi connectivity index (χ1v) is 7.29. The highest BCUT2D eigenvalue weighted by molar-refractivity contribution is 9.10. The molecule has 21 heavy (non-hydrogen) atoms. The summed E-state index contributed by atoms with van der Waals surface area (Å²) in [4.78, 5) is 12.5. The van der Waals surface area contributed by atoms with Crippen LogP contribution >= 0.6 is 28.1 Å². The average Bonchev–Trinajstić information content (AvgIpc) is 2.43. The predicted octanol–water partition coefficient (Wildman–Crippen LogP) is 3.35. The molecule has 0 aliphatic rings. The van der Waals surface area contributed by atoms with Crippen LogP contribution < -0.4 is 11.1 Å². The number of aryl methyl sites for hydroxylation is 1. The van der Waals surface area contributed by atoms with Gasteiger partial charge in [0.1, 0.15) is 10.7 Å². The van der Waals surface area contributed by atoms with Crippen LogP contribution in [0.2, 0.25) is 0 Å². The molecule has 1 amide bonds. The second kappa shape index (κ2) is 6.24. The number of carbonyl (C=O) groups is 1. The van der Waals surface area contributed by atoms with Gasteiger partial charge in [0, 0.05) is 15.7 Å². The van der Waals surface area contributed by atoms with Gasteiger partial charge >= 0.3 is 0 Å². The quantitative estimate of drug-likeness (QED) is 0.730. The summed E-state index contributed by atoms with van der Waals surface area (Å²) in [5, 5.41) is 12.5. The number of aromatic hydroxyl groups is 1. The fourth-order valence-electron chi connectivity index (χ4n) is 1.79. The molecule has 0 aromatic heterocycles. The van der Waals surface area contributed by atoms with Gasteiger partial charge in [-0.05, 0) is 36.8 Å². The number of phenolic OH excluding ortho intramolecular Hbond substituents is 1. The van der Waals surface area contributed by atoms with Crippen LogP contribution in [0.3, 0.4) is 0 Å². The van der Waals surface area contributed by atoms with Gasteiger partial charge < -0.3 is 16.2 Å². The zero-order valence-electron chi connectivity index (χ0n) is 11.2. The molecule has 2 rings (SSSR count). The van der Waals surface area contributed by atoms with Crippen molar-refractivity contribution in [3.05, 3.63) is 57.6 Å². The molecule has 0 aliphatic heterocycles. The summed E-state index contributed by atoms with van der Waals surface area (Å²) in [5.74, 6) is -0.490. The number of amides is 1. The minimum atomic E-state index is -0.406. The lowest BCUT2D eigenvalue weighted by atomic mass is 10.1. The molecule has 4 N–H and O–H groups in total. The molecule has 0 unspecified atom stereocenters. The van der Waals surface area contributed by atoms with Crippen molar-refractivity contribution in [2.45, 2.75) is 6.92 Å². The summed E-state index contributed by atoms with van der Waals surface area (Å²) in [6.45, 7) is 1.86. The number of thiocarbonyl (C=S) groups is 1. The number of anilines is 1. The molecule has 2 aromatic rings. The predicted molar refractivity (Wildman–Crippen MR) is 90.8 cm³/mol. The van der Waals surface area contributed by atoms with Crippen molar-refractivity contribution in [2.75, 3.05) is 5.32 Å². The molecule has 4 nitrogen and oxygen atoms in total. The van der Waals surface area contributed by atoms with Crippen LogP contribution in [0.25, 0.3) is 0 Å². The van der Waals surface area contributed by atoms with Crippen molar-refractivity contribution < 1.29 is 9.90 Å². The van der Waals surface area contributed by atoms with E-state index in [0.29, 0.717) is 15.7 Å². The standard InChI is InChI=1S/C15H13BrN2O2S/c1-8-2-3-9(14(17)21)6-12(8)18-15(20)11-7-10(16)4-5-13(11)19/h2-7,19H,1H3,(H2,17,21)(H,18,20). The number of halogens is 1. The third-order valence-corrected chi connectivity index (χ3v) is 3.70. The number of hydrogen-bond donors (Lipinski definition) is 3. The van der Waals surface area contributed by atoms with Gasteiger partial charge in [0.2, 0.25) is 0 Å². The van der Waals surface area contributed by atoms with E-state index in [1.165, 1.54) is 6.07 Å². The van der Waals surface area contributed by atoms with E-state index in [1.54, 1.807) is 24.3 Å². The van der Waals surface area contributed by atoms with Crippen molar-refractivity contribution in [2.24, 2.45) is 5.73 Å². The van der Waals surface area contributed by atoms with E-state index < -0.39 is 5.91 Å². The third-order valence-electron chi connectivity index (χ3n) is 2.97. The van der Waals surface area contributed by atoms with Gasteiger partial charge in [-0.2, -0.15) is 0 Å². The molecule has 108 valence electrons. The van der Waals surface area contributed by atoms with Crippen LogP contribution in [0.15, 0.2) is 40.9 Å². The highest BCUT2D eigenvalue weighted by atomic mass is 79.9. The molecule has 0 heterocycles. The Kier molecular flexibility index (Phi) is 4.59. The van der Waals surface area contributed by atoms with Crippen molar-refractivity contribution in [1.82, 2.24) is 0 Å². The van der Waals surface area contributed by atoms with Crippen molar-refractivity contribution >= 4 is 44.7 Å². The Hall–Kier alpha value is -1.92. The maximum Gasteiger partial charge on any atom is 0.259 e. The molecular weight excluding hydrogens is 352 g/mol. The lowest BCUT2D eigenvalue weighted by Gasteiger charge is -2.11. The summed E-state index contributed by atoms with van der Waals surface area (Å²) < 4.78 is 0.707. The Morgan fingerprint density at radius 1 is 1.29 bits per heavy atom. The summed E-state index contributed by atoms with van der Waals surface area (Å²) in [7, 11) is 0. The Bertz CT molecular complexity index is 732. The molecule has 0 saturated carbocycles. The number of rotatable bonds is 3. The Labute approximate surface area is 136 Å². The molecule has 0 atom stereocenters. The molecule has 0 aliphatic carbocycles. The molecule has 0 saturated heterocycles.